The zero-order valence-corrected chi connectivity index (χ0v) is 13.0. The molecule has 2 fully saturated rings. The summed E-state index contributed by atoms with van der Waals surface area (Å²) in [6, 6.07) is 0.738. The van der Waals surface area contributed by atoms with Crippen molar-refractivity contribution in [3.8, 4) is 0 Å². The maximum atomic E-state index is 6.09. The number of thioether (sulfide) groups is 1. The molecule has 0 aromatic heterocycles. The van der Waals surface area contributed by atoms with Gasteiger partial charge in [-0.25, -0.2) is 0 Å². The third-order valence-electron chi connectivity index (χ3n) is 5.29. The summed E-state index contributed by atoms with van der Waals surface area (Å²) in [7, 11) is 0. The highest BCUT2D eigenvalue weighted by Gasteiger charge is 2.32. The van der Waals surface area contributed by atoms with Crippen molar-refractivity contribution >= 4 is 11.8 Å². The fourth-order valence-corrected chi connectivity index (χ4v) is 4.71. The van der Waals surface area contributed by atoms with Crippen LogP contribution in [0.15, 0.2) is 0 Å². The van der Waals surface area contributed by atoms with Crippen LogP contribution in [0, 0.1) is 5.41 Å². The third-order valence-corrected chi connectivity index (χ3v) is 6.63. The topological polar surface area (TPSA) is 29.3 Å². The van der Waals surface area contributed by atoms with E-state index in [-0.39, 0.29) is 0 Å². The molecule has 0 amide bonds. The number of hydrogen-bond donors (Lipinski definition) is 1. The van der Waals surface area contributed by atoms with E-state index in [4.69, 9.17) is 5.73 Å². The molecule has 18 heavy (non-hydrogen) atoms. The van der Waals surface area contributed by atoms with Crippen LogP contribution >= 0.6 is 11.8 Å². The number of nitrogens with two attached hydrogens (primary N) is 1. The number of rotatable bonds is 4. The zero-order valence-electron chi connectivity index (χ0n) is 12.2. The normalized spacial score (nSPS) is 33.5. The lowest BCUT2D eigenvalue weighted by Crippen LogP contribution is -2.47. The van der Waals surface area contributed by atoms with Gasteiger partial charge >= 0.3 is 0 Å². The summed E-state index contributed by atoms with van der Waals surface area (Å²) in [5, 5.41) is 0.791. The summed E-state index contributed by atoms with van der Waals surface area (Å²) in [6.07, 6.45) is 8.30. The fraction of sp³-hybridized carbons (Fsp3) is 1.00. The Hall–Kier alpha value is 0.270. The average molecular weight is 270 g/mol. The predicted octanol–water partition coefficient (Wildman–Crippen LogP) is 3.11. The van der Waals surface area contributed by atoms with E-state index in [2.05, 4.69) is 30.5 Å². The standard InChI is InChI=1S/C15H30N2S/c1-13-14(2)18-11-10-17(13)9-8-15(12-16)6-4-3-5-7-15/h13-14H,3-12,16H2,1-2H3. The van der Waals surface area contributed by atoms with E-state index in [0.717, 1.165) is 17.8 Å². The molecule has 1 aliphatic carbocycles. The lowest BCUT2D eigenvalue weighted by atomic mass is 9.72. The van der Waals surface area contributed by atoms with Crippen LogP contribution in [0.25, 0.3) is 0 Å². The van der Waals surface area contributed by atoms with Crippen LogP contribution in [0.4, 0.5) is 0 Å². The van der Waals surface area contributed by atoms with Crippen molar-refractivity contribution in [1.82, 2.24) is 4.90 Å². The average Bonchev–Trinajstić information content (AvgIpc) is 2.41. The lowest BCUT2D eigenvalue weighted by Gasteiger charge is -2.42. The van der Waals surface area contributed by atoms with E-state index in [1.54, 1.807) is 0 Å². The first-order valence-corrected chi connectivity index (χ1v) is 8.77. The molecule has 0 bridgehead atoms. The maximum absolute atomic E-state index is 6.09. The van der Waals surface area contributed by atoms with Crippen molar-refractivity contribution in [3.63, 3.8) is 0 Å². The van der Waals surface area contributed by atoms with Gasteiger partial charge in [-0.15, -0.1) is 0 Å². The molecule has 2 aliphatic rings. The minimum atomic E-state index is 0.478. The Morgan fingerprint density at radius 2 is 1.94 bits per heavy atom. The predicted molar refractivity (Wildman–Crippen MR) is 82.1 cm³/mol. The van der Waals surface area contributed by atoms with Gasteiger partial charge in [-0.3, -0.25) is 4.90 Å². The highest BCUT2D eigenvalue weighted by Crippen LogP contribution is 2.39. The zero-order chi connectivity index (χ0) is 13.0. The van der Waals surface area contributed by atoms with Crippen molar-refractivity contribution in [2.45, 2.75) is 63.7 Å². The van der Waals surface area contributed by atoms with Gasteiger partial charge in [0.15, 0.2) is 0 Å². The molecule has 0 spiro atoms. The molecule has 0 aromatic rings. The molecule has 2 nitrogen and oxygen atoms in total. The Morgan fingerprint density at radius 3 is 2.61 bits per heavy atom. The SMILES string of the molecule is CC1SCCN(CCC2(CN)CCCCC2)C1C. The van der Waals surface area contributed by atoms with Gasteiger partial charge in [0.25, 0.3) is 0 Å². The number of hydrogen-bond acceptors (Lipinski definition) is 3. The van der Waals surface area contributed by atoms with Crippen LogP contribution in [0.2, 0.25) is 0 Å². The Balaban J connectivity index is 1.85. The van der Waals surface area contributed by atoms with Gasteiger partial charge in [0, 0.05) is 23.6 Å². The second-order valence-corrected chi connectivity index (χ2v) is 7.85. The monoisotopic (exact) mass is 270 g/mol. The van der Waals surface area contributed by atoms with E-state index < -0.39 is 0 Å². The Kier molecular flexibility index (Phi) is 5.40. The van der Waals surface area contributed by atoms with Gasteiger partial charge in [0.2, 0.25) is 0 Å². The van der Waals surface area contributed by atoms with Gasteiger partial charge in [0.05, 0.1) is 0 Å². The molecule has 2 N–H and O–H groups in total. The number of nitrogens with zero attached hydrogens (tertiary/aromatic N) is 1. The fourth-order valence-electron chi connectivity index (χ4n) is 3.55. The molecule has 2 unspecified atom stereocenters. The third kappa shape index (κ3) is 3.43. The van der Waals surface area contributed by atoms with Crippen LogP contribution in [0.5, 0.6) is 0 Å². The largest absolute Gasteiger partial charge is 0.330 e. The van der Waals surface area contributed by atoms with Crippen molar-refractivity contribution in [3.05, 3.63) is 0 Å². The van der Waals surface area contributed by atoms with Crippen molar-refractivity contribution in [1.29, 1.82) is 0 Å². The van der Waals surface area contributed by atoms with Crippen molar-refractivity contribution in [2.75, 3.05) is 25.4 Å². The Morgan fingerprint density at radius 1 is 1.22 bits per heavy atom. The van der Waals surface area contributed by atoms with Crippen molar-refractivity contribution in [2.24, 2.45) is 11.1 Å². The summed E-state index contributed by atoms with van der Waals surface area (Å²) in [6.45, 7) is 8.22. The molecule has 106 valence electrons. The van der Waals surface area contributed by atoms with E-state index >= 15 is 0 Å². The van der Waals surface area contributed by atoms with E-state index in [9.17, 15) is 0 Å². The molecule has 1 saturated carbocycles. The maximum Gasteiger partial charge on any atom is 0.0184 e. The van der Waals surface area contributed by atoms with Gasteiger partial charge in [-0.2, -0.15) is 11.8 Å². The van der Waals surface area contributed by atoms with Crippen molar-refractivity contribution < 1.29 is 0 Å². The quantitative estimate of drug-likeness (QED) is 0.851. The minimum absolute atomic E-state index is 0.478. The Bertz CT molecular complexity index is 251. The van der Waals surface area contributed by atoms with Gasteiger partial charge in [-0.05, 0) is 44.7 Å². The van der Waals surface area contributed by atoms with Crippen LogP contribution in [0.3, 0.4) is 0 Å². The van der Waals surface area contributed by atoms with Gasteiger partial charge in [-0.1, -0.05) is 26.2 Å². The molecule has 1 aliphatic heterocycles. The summed E-state index contributed by atoms with van der Waals surface area (Å²) in [5.74, 6) is 1.31. The van der Waals surface area contributed by atoms with Crippen LogP contribution < -0.4 is 5.73 Å². The first kappa shape index (κ1) is 14.7. The molecule has 1 saturated heterocycles. The Labute approximate surface area is 117 Å². The summed E-state index contributed by atoms with van der Waals surface area (Å²) < 4.78 is 0. The summed E-state index contributed by atoms with van der Waals surface area (Å²) >= 11 is 2.13. The molecule has 2 atom stereocenters. The first-order valence-electron chi connectivity index (χ1n) is 7.73. The second kappa shape index (κ2) is 6.62. The van der Waals surface area contributed by atoms with E-state index in [1.807, 2.05) is 0 Å². The molecule has 1 heterocycles. The highest BCUT2D eigenvalue weighted by atomic mass is 32.2. The summed E-state index contributed by atoms with van der Waals surface area (Å²) in [4.78, 5) is 2.70. The molecule has 3 heteroatoms. The summed E-state index contributed by atoms with van der Waals surface area (Å²) in [5.41, 5.74) is 6.57. The van der Waals surface area contributed by atoms with Gasteiger partial charge in [0.1, 0.15) is 0 Å². The van der Waals surface area contributed by atoms with Crippen LogP contribution in [-0.2, 0) is 0 Å². The molecule has 2 rings (SSSR count). The molecular weight excluding hydrogens is 240 g/mol. The minimum Gasteiger partial charge on any atom is -0.330 e. The molecule has 0 aromatic carbocycles. The lowest BCUT2D eigenvalue weighted by molar-refractivity contribution is 0.129. The highest BCUT2D eigenvalue weighted by molar-refractivity contribution is 8.00. The molecular formula is C15H30N2S. The van der Waals surface area contributed by atoms with Crippen LogP contribution in [-0.4, -0.2) is 41.6 Å². The van der Waals surface area contributed by atoms with E-state index in [1.165, 1.54) is 57.4 Å². The first-order chi connectivity index (χ1) is 8.67. The van der Waals surface area contributed by atoms with Gasteiger partial charge < -0.3 is 5.73 Å². The van der Waals surface area contributed by atoms with E-state index in [0.29, 0.717) is 5.41 Å². The smallest absolute Gasteiger partial charge is 0.0184 e. The molecule has 0 radical (unpaired) electrons. The van der Waals surface area contributed by atoms with Crippen LogP contribution in [0.1, 0.15) is 52.4 Å². The second-order valence-electron chi connectivity index (χ2n) is 6.37.